The highest BCUT2D eigenvalue weighted by atomic mass is 16.4. The highest BCUT2D eigenvalue weighted by molar-refractivity contribution is 5.85. The molecule has 0 saturated carbocycles. The van der Waals surface area contributed by atoms with Gasteiger partial charge in [-0.15, -0.1) is 0 Å². The van der Waals surface area contributed by atoms with Crippen LogP contribution in [0.25, 0.3) is 0 Å². The Labute approximate surface area is 84.1 Å². The Hall–Kier alpha value is -2.18. The van der Waals surface area contributed by atoms with E-state index in [2.05, 4.69) is 5.10 Å². The Morgan fingerprint density at radius 3 is 2.60 bits per heavy atom. The van der Waals surface area contributed by atoms with E-state index in [9.17, 15) is 14.4 Å². The molecule has 0 spiro atoms. The predicted octanol–water partition coefficient (Wildman–Crippen LogP) is -1.01. The first-order chi connectivity index (χ1) is 6.93. The van der Waals surface area contributed by atoms with Gasteiger partial charge in [0.15, 0.2) is 5.69 Å². The van der Waals surface area contributed by atoms with Gasteiger partial charge < -0.3 is 10.8 Å². The van der Waals surface area contributed by atoms with Crippen LogP contribution in [0.15, 0.2) is 16.9 Å². The van der Waals surface area contributed by atoms with E-state index in [1.165, 1.54) is 6.92 Å². The van der Waals surface area contributed by atoms with Crippen molar-refractivity contribution in [3.8, 4) is 0 Å². The molecule has 0 aliphatic heterocycles. The summed E-state index contributed by atoms with van der Waals surface area (Å²) in [5.74, 6) is -2.03. The molecule has 1 aromatic heterocycles. The van der Waals surface area contributed by atoms with Crippen molar-refractivity contribution in [1.29, 1.82) is 0 Å². The van der Waals surface area contributed by atoms with Crippen molar-refractivity contribution in [1.82, 2.24) is 9.78 Å². The second-order valence-electron chi connectivity index (χ2n) is 2.88. The minimum Gasteiger partial charge on any atom is -0.476 e. The summed E-state index contributed by atoms with van der Waals surface area (Å²) in [5.41, 5.74) is 4.08. The molecule has 0 fully saturated rings. The van der Waals surface area contributed by atoms with Crippen LogP contribution in [0.3, 0.4) is 0 Å². The van der Waals surface area contributed by atoms with Crippen LogP contribution in [0.1, 0.15) is 23.5 Å². The van der Waals surface area contributed by atoms with Gasteiger partial charge in [0.2, 0.25) is 5.91 Å². The maximum Gasteiger partial charge on any atom is 0.356 e. The number of carboxylic acids is 1. The normalized spacial score (nSPS) is 12.1. The zero-order chi connectivity index (χ0) is 11.6. The molecule has 1 atom stereocenters. The molecule has 7 heteroatoms. The van der Waals surface area contributed by atoms with Gasteiger partial charge in [-0.1, -0.05) is 0 Å². The Kier molecular flexibility index (Phi) is 2.84. The van der Waals surface area contributed by atoms with Crippen LogP contribution in [0.2, 0.25) is 0 Å². The number of aromatic nitrogens is 2. The van der Waals surface area contributed by atoms with Gasteiger partial charge in [-0.25, -0.2) is 9.48 Å². The fourth-order valence-corrected chi connectivity index (χ4v) is 0.937. The first kappa shape index (κ1) is 10.9. The van der Waals surface area contributed by atoms with Gasteiger partial charge in [0.25, 0.3) is 5.56 Å². The quantitative estimate of drug-likeness (QED) is 0.664. The van der Waals surface area contributed by atoms with Gasteiger partial charge in [0.1, 0.15) is 6.04 Å². The summed E-state index contributed by atoms with van der Waals surface area (Å²) in [6, 6.07) is 1.11. The number of amides is 1. The lowest BCUT2D eigenvalue weighted by Gasteiger charge is -2.09. The molecule has 1 rings (SSSR count). The average molecular weight is 211 g/mol. The zero-order valence-electron chi connectivity index (χ0n) is 7.88. The highest BCUT2D eigenvalue weighted by Gasteiger charge is 2.15. The number of carbonyl (C=O) groups excluding carboxylic acids is 1. The summed E-state index contributed by atoms with van der Waals surface area (Å²) in [6.45, 7) is 1.36. The number of nitrogens with zero attached hydrogens (tertiary/aromatic N) is 2. The van der Waals surface area contributed by atoms with E-state index in [4.69, 9.17) is 10.8 Å². The number of primary amides is 1. The van der Waals surface area contributed by atoms with Crippen LogP contribution in [0, 0.1) is 0 Å². The summed E-state index contributed by atoms with van der Waals surface area (Å²) in [6.07, 6.45) is 0. The average Bonchev–Trinajstić information content (AvgIpc) is 2.16. The van der Waals surface area contributed by atoms with Crippen molar-refractivity contribution in [3.63, 3.8) is 0 Å². The van der Waals surface area contributed by atoms with Crippen LogP contribution >= 0.6 is 0 Å². The van der Waals surface area contributed by atoms with E-state index < -0.39 is 23.5 Å². The molecule has 1 aromatic rings. The second kappa shape index (κ2) is 3.91. The lowest BCUT2D eigenvalue weighted by molar-refractivity contribution is -0.121. The fourth-order valence-electron chi connectivity index (χ4n) is 0.937. The SMILES string of the molecule is CC(C(N)=O)n1nc(C(=O)O)ccc1=O. The van der Waals surface area contributed by atoms with E-state index in [0.29, 0.717) is 0 Å². The molecular weight excluding hydrogens is 202 g/mol. The lowest BCUT2D eigenvalue weighted by atomic mass is 10.3. The van der Waals surface area contributed by atoms with Crippen LogP contribution in [0.4, 0.5) is 0 Å². The smallest absolute Gasteiger partial charge is 0.356 e. The molecular formula is C8H9N3O4. The van der Waals surface area contributed by atoms with Gasteiger partial charge in [-0.3, -0.25) is 9.59 Å². The Balaban J connectivity index is 3.28. The molecule has 1 amide bonds. The van der Waals surface area contributed by atoms with E-state index in [-0.39, 0.29) is 5.69 Å². The summed E-state index contributed by atoms with van der Waals surface area (Å²) in [5, 5.41) is 12.1. The molecule has 0 aliphatic carbocycles. The number of hydrogen-bond donors (Lipinski definition) is 2. The zero-order valence-corrected chi connectivity index (χ0v) is 7.88. The van der Waals surface area contributed by atoms with Crippen molar-refractivity contribution in [2.24, 2.45) is 5.73 Å². The van der Waals surface area contributed by atoms with E-state index >= 15 is 0 Å². The summed E-state index contributed by atoms with van der Waals surface area (Å²) in [7, 11) is 0. The molecule has 7 nitrogen and oxygen atoms in total. The van der Waals surface area contributed by atoms with E-state index in [1.54, 1.807) is 0 Å². The summed E-state index contributed by atoms with van der Waals surface area (Å²) < 4.78 is 0.742. The fraction of sp³-hybridized carbons (Fsp3) is 0.250. The van der Waals surface area contributed by atoms with Crippen LogP contribution in [-0.4, -0.2) is 26.8 Å². The van der Waals surface area contributed by atoms with Gasteiger partial charge in [-0.2, -0.15) is 5.10 Å². The second-order valence-corrected chi connectivity index (χ2v) is 2.88. The number of nitrogens with two attached hydrogens (primary N) is 1. The van der Waals surface area contributed by atoms with E-state index in [0.717, 1.165) is 16.8 Å². The first-order valence-corrected chi connectivity index (χ1v) is 4.06. The molecule has 0 radical (unpaired) electrons. The van der Waals surface area contributed by atoms with E-state index in [1.807, 2.05) is 0 Å². The lowest BCUT2D eigenvalue weighted by Crippen LogP contribution is -2.34. The van der Waals surface area contributed by atoms with Crippen molar-refractivity contribution < 1.29 is 14.7 Å². The minimum absolute atomic E-state index is 0.317. The Bertz CT molecular complexity index is 465. The van der Waals surface area contributed by atoms with Gasteiger partial charge >= 0.3 is 5.97 Å². The third-order valence-corrected chi connectivity index (χ3v) is 1.82. The molecule has 1 unspecified atom stereocenters. The number of hydrogen-bond acceptors (Lipinski definition) is 4. The molecule has 0 saturated heterocycles. The van der Waals surface area contributed by atoms with Crippen LogP contribution in [0.5, 0.6) is 0 Å². The molecule has 0 bridgehead atoms. The third-order valence-electron chi connectivity index (χ3n) is 1.82. The van der Waals surface area contributed by atoms with Crippen molar-refractivity contribution in [3.05, 3.63) is 28.2 Å². The molecule has 3 N–H and O–H groups in total. The highest BCUT2D eigenvalue weighted by Crippen LogP contribution is 1.99. The number of aromatic carboxylic acids is 1. The molecule has 1 heterocycles. The van der Waals surface area contributed by atoms with Crippen molar-refractivity contribution in [2.75, 3.05) is 0 Å². The van der Waals surface area contributed by atoms with Gasteiger partial charge in [-0.05, 0) is 13.0 Å². The van der Waals surface area contributed by atoms with Crippen LogP contribution in [-0.2, 0) is 4.79 Å². The Morgan fingerprint density at radius 1 is 1.53 bits per heavy atom. The number of rotatable bonds is 3. The van der Waals surface area contributed by atoms with Crippen LogP contribution < -0.4 is 11.3 Å². The molecule has 0 aliphatic rings. The Morgan fingerprint density at radius 2 is 2.13 bits per heavy atom. The maximum atomic E-state index is 11.2. The topological polar surface area (TPSA) is 115 Å². The summed E-state index contributed by atoms with van der Waals surface area (Å²) in [4.78, 5) is 32.6. The minimum atomic E-state index is -1.28. The predicted molar refractivity (Wildman–Crippen MR) is 49.4 cm³/mol. The standard InChI is InChI=1S/C8H9N3O4/c1-4(7(9)13)11-6(12)3-2-5(10-11)8(14)15/h2-4H,1H3,(H2,9,13)(H,14,15). The first-order valence-electron chi connectivity index (χ1n) is 4.06. The van der Waals surface area contributed by atoms with Crippen molar-refractivity contribution in [2.45, 2.75) is 13.0 Å². The van der Waals surface area contributed by atoms with Gasteiger partial charge in [0.05, 0.1) is 0 Å². The molecule has 15 heavy (non-hydrogen) atoms. The van der Waals surface area contributed by atoms with Gasteiger partial charge in [0, 0.05) is 6.07 Å². The largest absolute Gasteiger partial charge is 0.476 e. The maximum absolute atomic E-state index is 11.2. The summed E-state index contributed by atoms with van der Waals surface area (Å²) >= 11 is 0. The molecule has 0 aromatic carbocycles. The number of carboxylic acid groups (broad SMARTS) is 1. The molecule has 80 valence electrons. The monoisotopic (exact) mass is 211 g/mol. The third kappa shape index (κ3) is 2.19. The number of carbonyl (C=O) groups is 2. The van der Waals surface area contributed by atoms with Crippen molar-refractivity contribution >= 4 is 11.9 Å².